The number of pyridine rings is 1. The molecular weight excluding hydrogens is 228 g/mol. The van der Waals surface area contributed by atoms with E-state index >= 15 is 0 Å². The molecule has 2 nitrogen and oxygen atoms in total. The molecule has 0 aliphatic rings. The van der Waals surface area contributed by atoms with Crippen LogP contribution in [0.2, 0.25) is 0 Å². The van der Waals surface area contributed by atoms with Crippen molar-refractivity contribution < 1.29 is 0 Å². The first-order valence-electron chi connectivity index (χ1n) is 5.83. The van der Waals surface area contributed by atoms with Gasteiger partial charge in [-0.15, -0.1) is 11.8 Å². The summed E-state index contributed by atoms with van der Waals surface area (Å²) in [6.07, 6.45) is 0. The molecule has 0 aliphatic carbocycles. The number of nitrogens with two attached hydrogens (primary N) is 1. The predicted molar refractivity (Wildman–Crippen MR) is 75.7 cm³/mol. The van der Waals surface area contributed by atoms with E-state index in [1.165, 1.54) is 22.1 Å². The van der Waals surface area contributed by atoms with Crippen molar-refractivity contribution in [2.75, 3.05) is 12.3 Å². The number of aromatic nitrogens is 1. The standard InChI is InChI=1S/C14H18N2S/c1-9-6-11(3)14-12(7-9)10(2)8-13(16-14)17-5-4-15/h6-8H,4-5,15H2,1-3H3. The summed E-state index contributed by atoms with van der Waals surface area (Å²) in [5.74, 6) is 0.919. The molecule has 2 aromatic rings. The fourth-order valence-electron chi connectivity index (χ4n) is 2.05. The van der Waals surface area contributed by atoms with Crippen molar-refractivity contribution in [2.24, 2.45) is 5.73 Å². The van der Waals surface area contributed by atoms with Gasteiger partial charge in [0.2, 0.25) is 0 Å². The fourth-order valence-corrected chi connectivity index (χ4v) is 2.79. The van der Waals surface area contributed by atoms with Gasteiger partial charge in [-0.05, 0) is 44.0 Å². The quantitative estimate of drug-likeness (QED) is 0.845. The molecule has 0 saturated heterocycles. The van der Waals surface area contributed by atoms with E-state index in [1.807, 2.05) is 0 Å². The van der Waals surface area contributed by atoms with Crippen molar-refractivity contribution in [3.63, 3.8) is 0 Å². The van der Waals surface area contributed by atoms with E-state index < -0.39 is 0 Å². The second-order valence-corrected chi connectivity index (χ2v) is 5.51. The minimum absolute atomic E-state index is 0.691. The first-order chi connectivity index (χ1) is 8.11. The van der Waals surface area contributed by atoms with E-state index in [2.05, 4.69) is 39.0 Å². The maximum absolute atomic E-state index is 5.53. The van der Waals surface area contributed by atoms with Crippen LogP contribution in [-0.2, 0) is 0 Å². The molecule has 0 saturated carbocycles. The van der Waals surface area contributed by atoms with E-state index in [4.69, 9.17) is 10.7 Å². The number of hydrogen-bond acceptors (Lipinski definition) is 3. The summed E-state index contributed by atoms with van der Waals surface area (Å²) in [4.78, 5) is 4.72. The number of thioether (sulfide) groups is 1. The van der Waals surface area contributed by atoms with Crippen LogP contribution >= 0.6 is 11.8 Å². The summed E-state index contributed by atoms with van der Waals surface area (Å²) >= 11 is 1.73. The van der Waals surface area contributed by atoms with Gasteiger partial charge in [0.1, 0.15) is 0 Å². The van der Waals surface area contributed by atoms with Crippen molar-refractivity contribution >= 4 is 22.7 Å². The zero-order valence-corrected chi connectivity index (χ0v) is 11.4. The largest absolute Gasteiger partial charge is 0.330 e. The van der Waals surface area contributed by atoms with Crippen molar-refractivity contribution in [3.8, 4) is 0 Å². The van der Waals surface area contributed by atoms with Crippen molar-refractivity contribution in [3.05, 3.63) is 34.9 Å². The zero-order chi connectivity index (χ0) is 12.4. The van der Waals surface area contributed by atoms with Gasteiger partial charge in [0, 0.05) is 17.7 Å². The Hall–Kier alpha value is -1.06. The lowest BCUT2D eigenvalue weighted by molar-refractivity contribution is 1.12. The Bertz CT molecular complexity index is 549. The smallest absolute Gasteiger partial charge is 0.0970 e. The van der Waals surface area contributed by atoms with Gasteiger partial charge in [0.15, 0.2) is 0 Å². The summed E-state index contributed by atoms with van der Waals surface area (Å²) in [6.45, 7) is 7.09. The highest BCUT2D eigenvalue weighted by atomic mass is 32.2. The van der Waals surface area contributed by atoms with E-state index in [0.29, 0.717) is 6.54 Å². The number of aryl methyl sites for hydroxylation is 3. The highest BCUT2D eigenvalue weighted by Gasteiger charge is 2.06. The van der Waals surface area contributed by atoms with Crippen molar-refractivity contribution in [2.45, 2.75) is 25.8 Å². The Labute approximate surface area is 107 Å². The van der Waals surface area contributed by atoms with Crippen LogP contribution in [0.1, 0.15) is 16.7 Å². The number of rotatable bonds is 3. The number of nitrogens with zero attached hydrogens (tertiary/aromatic N) is 1. The maximum atomic E-state index is 5.53. The fraction of sp³-hybridized carbons (Fsp3) is 0.357. The van der Waals surface area contributed by atoms with Crippen LogP contribution in [0.15, 0.2) is 23.2 Å². The summed E-state index contributed by atoms with van der Waals surface area (Å²) in [6, 6.07) is 6.55. The molecule has 0 atom stereocenters. The van der Waals surface area contributed by atoms with Crippen molar-refractivity contribution in [1.82, 2.24) is 4.98 Å². The van der Waals surface area contributed by atoms with Gasteiger partial charge in [0.25, 0.3) is 0 Å². The van der Waals surface area contributed by atoms with Gasteiger partial charge in [-0.25, -0.2) is 4.98 Å². The molecule has 0 radical (unpaired) electrons. The lowest BCUT2D eigenvalue weighted by atomic mass is 10.0. The van der Waals surface area contributed by atoms with Crippen LogP contribution in [0.25, 0.3) is 10.9 Å². The molecule has 0 bridgehead atoms. The second kappa shape index (κ2) is 5.07. The van der Waals surface area contributed by atoms with Crippen molar-refractivity contribution in [1.29, 1.82) is 0 Å². The van der Waals surface area contributed by atoms with E-state index in [-0.39, 0.29) is 0 Å². The minimum Gasteiger partial charge on any atom is -0.330 e. The third-order valence-electron chi connectivity index (χ3n) is 2.80. The third-order valence-corrected chi connectivity index (χ3v) is 3.74. The minimum atomic E-state index is 0.691. The third kappa shape index (κ3) is 2.61. The summed E-state index contributed by atoms with van der Waals surface area (Å²) in [7, 11) is 0. The van der Waals surface area contributed by atoms with Crippen LogP contribution in [-0.4, -0.2) is 17.3 Å². The van der Waals surface area contributed by atoms with Gasteiger partial charge in [-0.3, -0.25) is 0 Å². The molecule has 0 unspecified atom stereocenters. The Kier molecular flexibility index (Phi) is 3.69. The van der Waals surface area contributed by atoms with E-state index in [9.17, 15) is 0 Å². The highest BCUT2D eigenvalue weighted by Crippen LogP contribution is 2.26. The predicted octanol–water partition coefficient (Wildman–Crippen LogP) is 3.21. The average molecular weight is 246 g/mol. The first-order valence-corrected chi connectivity index (χ1v) is 6.82. The average Bonchev–Trinajstić information content (AvgIpc) is 2.28. The molecule has 0 spiro atoms. The first kappa shape index (κ1) is 12.4. The van der Waals surface area contributed by atoms with Gasteiger partial charge in [-0.1, -0.05) is 11.6 Å². The lowest BCUT2D eigenvalue weighted by Gasteiger charge is -2.09. The molecular formula is C14H18N2S. The molecule has 0 fully saturated rings. The molecule has 17 heavy (non-hydrogen) atoms. The number of benzene rings is 1. The Morgan fingerprint density at radius 2 is 1.88 bits per heavy atom. The molecule has 0 amide bonds. The normalized spacial score (nSPS) is 11.1. The van der Waals surface area contributed by atoms with Gasteiger partial charge in [-0.2, -0.15) is 0 Å². The SMILES string of the molecule is Cc1cc(C)c2nc(SCCN)cc(C)c2c1. The number of hydrogen-bond donors (Lipinski definition) is 1. The Morgan fingerprint density at radius 1 is 1.12 bits per heavy atom. The molecule has 3 heteroatoms. The number of fused-ring (bicyclic) bond motifs is 1. The second-order valence-electron chi connectivity index (χ2n) is 4.39. The molecule has 1 heterocycles. The Morgan fingerprint density at radius 3 is 2.59 bits per heavy atom. The monoisotopic (exact) mass is 246 g/mol. The topological polar surface area (TPSA) is 38.9 Å². The summed E-state index contributed by atoms with van der Waals surface area (Å²) in [5, 5.41) is 2.34. The molecule has 0 aliphatic heterocycles. The summed E-state index contributed by atoms with van der Waals surface area (Å²) < 4.78 is 0. The van der Waals surface area contributed by atoms with Crippen LogP contribution in [0.3, 0.4) is 0 Å². The van der Waals surface area contributed by atoms with Gasteiger partial charge in [0.05, 0.1) is 10.5 Å². The van der Waals surface area contributed by atoms with E-state index in [1.54, 1.807) is 11.8 Å². The van der Waals surface area contributed by atoms with Crippen LogP contribution in [0.5, 0.6) is 0 Å². The maximum Gasteiger partial charge on any atom is 0.0970 e. The lowest BCUT2D eigenvalue weighted by Crippen LogP contribution is -2.01. The molecule has 2 N–H and O–H groups in total. The zero-order valence-electron chi connectivity index (χ0n) is 10.6. The van der Waals surface area contributed by atoms with E-state index in [0.717, 1.165) is 16.3 Å². The molecule has 1 aromatic heterocycles. The Balaban J connectivity index is 2.56. The van der Waals surface area contributed by atoms with Crippen LogP contribution in [0.4, 0.5) is 0 Å². The van der Waals surface area contributed by atoms with Crippen LogP contribution < -0.4 is 5.73 Å². The molecule has 90 valence electrons. The summed E-state index contributed by atoms with van der Waals surface area (Å²) in [5.41, 5.74) is 10.5. The van der Waals surface area contributed by atoms with Gasteiger partial charge >= 0.3 is 0 Å². The molecule has 2 rings (SSSR count). The molecule has 1 aromatic carbocycles. The highest BCUT2D eigenvalue weighted by molar-refractivity contribution is 7.99. The van der Waals surface area contributed by atoms with Gasteiger partial charge < -0.3 is 5.73 Å². The van der Waals surface area contributed by atoms with Crippen LogP contribution in [0, 0.1) is 20.8 Å².